The fourth-order valence-electron chi connectivity index (χ4n) is 1.50. The van der Waals surface area contributed by atoms with E-state index in [0.717, 1.165) is 16.9 Å². The predicted molar refractivity (Wildman–Crippen MR) is 78.1 cm³/mol. The molecule has 0 spiro atoms. The van der Waals surface area contributed by atoms with Gasteiger partial charge in [-0.25, -0.2) is 0 Å². The summed E-state index contributed by atoms with van der Waals surface area (Å²) in [5.41, 5.74) is 7.21. The van der Waals surface area contributed by atoms with E-state index in [1.165, 1.54) is 0 Å². The maximum absolute atomic E-state index is 6.14. The van der Waals surface area contributed by atoms with Crippen molar-refractivity contribution in [2.75, 3.05) is 0 Å². The van der Waals surface area contributed by atoms with Gasteiger partial charge in [0.1, 0.15) is 17.3 Å². The van der Waals surface area contributed by atoms with E-state index in [2.05, 4.69) is 0 Å². The van der Waals surface area contributed by atoms with Crippen LogP contribution in [0.5, 0.6) is 5.75 Å². The van der Waals surface area contributed by atoms with E-state index in [9.17, 15) is 0 Å². The molecule has 0 aliphatic carbocycles. The van der Waals surface area contributed by atoms with Crippen molar-refractivity contribution in [2.24, 2.45) is 5.73 Å². The fraction of sp³-hybridized carbons (Fsp3) is 0.0714. The first-order chi connectivity index (χ1) is 8.66. The van der Waals surface area contributed by atoms with Crippen molar-refractivity contribution in [3.63, 3.8) is 0 Å². The summed E-state index contributed by atoms with van der Waals surface area (Å²) < 4.78 is 5.62. The molecule has 2 aromatic rings. The van der Waals surface area contributed by atoms with Crippen LogP contribution in [0.1, 0.15) is 11.1 Å². The highest BCUT2D eigenvalue weighted by Crippen LogP contribution is 2.20. The number of benzene rings is 2. The molecule has 2 aromatic carbocycles. The van der Waals surface area contributed by atoms with Crippen molar-refractivity contribution in [3.05, 3.63) is 64.7 Å². The van der Waals surface area contributed by atoms with Crippen LogP contribution in [-0.4, -0.2) is 4.99 Å². The molecule has 2 rings (SSSR count). The molecule has 0 aliphatic heterocycles. The average Bonchev–Trinajstić information content (AvgIpc) is 2.38. The molecule has 0 atom stereocenters. The van der Waals surface area contributed by atoms with Gasteiger partial charge in [-0.3, -0.25) is 0 Å². The normalized spacial score (nSPS) is 10.1. The van der Waals surface area contributed by atoms with Crippen LogP contribution in [-0.2, 0) is 6.61 Å². The van der Waals surface area contributed by atoms with Crippen LogP contribution in [0.25, 0.3) is 0 Å². The molecule has 0 radical (unpaired) electrons. The van der Waals surface area contributed by atoms with Gasteiger partial charge in [-0.15, -0.1) is 0 Å². The number of halogens is 1. The van der Waals surface area contributed by atoms with Crippen molar-refractivity contribution >= 4 is 28.8 Å². The maximum Gasteiger partial charge on any atom is 0.119 e. The van der Waals surface area contributed by atoms with E-state index in [4.69, 9.17) is 34.3 Å². The Bertz CT molecular complexity index is 557. The van der Waals surface area contributed by atoms with Crippen LogP contribution >= 0.6 is 23.8 Å². The van der Waals surface area contributed by atoms with Crippen molar-refractivity contribution in [1.29, 1.82) is 0 Å². The third kappa shape index (κ3) is 3.22. The lowest BCUT2D eigenvalue weighted by Crippen LogP contribution is -2.09. The zero-order valence-corrected chi connectivity index (χ0v) is 11.2. The number of para-hydroxylation sites is 1. The molecule has 0 fully saturated rings. The molecular weight excluding hydrogens is 266 g/mol. The molecule has 0 saturated carbocycles. The molecule has 0 amide bonds. The molecule has 0 unspecified atom stereocenters. The number of thiocarbonyl (C=S) groups is 1. The number of nitrogens with two attached hydrogens (primary N) is 1. The average molecular weight is 278 g/mol. The van der Waals surface area contributed by atoms with Gasteiger partial charge in [-0.1, -0.05) is 54.2 Å². The smallest absolute Gasteiger partial charge is 0.119 e. The monoisotopic (exact) mass is 277 g/mol. The Hall–Kier alpha value is -1.58. The summed E-state index contributed by atoms with van der Waals surface area (Å²) in [7, 11) is 0. The molecular formula is C14H12ClNOS. The molecule has 0 bridgehead atoms. The van der Waals surface area contributed by atoms with Gasteiger partial charge in [0, 0.05) is 16.1 Å². The zero-order valence-electron chi connectivity index (χ0n) is 9.60. The van der Waals surface area contributed by atoms with Gasteiger partial charge in [-0.05, 0) is 18.2 Å². The second kappa shape index (κ2) is 5.85. The Labute approximate surface area is 116 Å². The number of rotatable bonds is 4. The minimum absolute atomic E-state index is 0.340. The van der Waals surface area contributed by atoms with E-state index in [0.29, 0.717) is 16.6 Å². The fourth-order valence-corrected chi connectivity index (χ4v) is 1.86. The Morgan fingerprint density at radius 3 is 2.50 bits per heavy atom. The number of ether oxygens (including phenoxy) is 1. The Kier molecular flexibility index (Phi) is 4.18. The van der Waals surface area contributed by atoms with Gasteiger partial charge in [0.2, 0.25) is 0 Å². The molecule has 0 aliphatic rings. The van der Waals surface area contributed by atoms with Gasteiger partial charge in [0.05, 0.1) is 0 Å². The van der Waals surface area contributed by atoms with Crippen LogP contribution in [0.3, 0.4) is 0 Å². The van der Waals surface area contributed by atoms with Crippen LogP contribution < -0.4 is 10.5 Å². The predicted octanol–water partition coefficient (Wildman–Crippen LogP) is 3.55. The standard InChI is InChI=1S/C14H12ClNOS/c15-13-8-10(14(16)18)6-7-11(13)9-17-12-4-2-1-3-5-12/h1-8H,9H2,(H2,16,18). The molecule has 0 saturated heterocycles. The van der Waals surface area contributed by atoms with E-state index < -0.39 is 0 Å². The lowest BCUT2D eigenvalue weighted by Gasteiger charge is -2.08. The number of hydrogen-bond donors (Lipinski definition) is 1. The third-order valence-electron chi connectivity index (χ3n) is 2.48. The van der Waals surface area contributed by atoms with E-state index >= 15 is 0 Å². The second-order valence-corrected chi connectivity index (χ2v) is 4.62. The van der Waals surface area contributed by atoms with Gasteiger partial charge < -0.3 is 10.5 Å². The van der Waals surface area contributed by atoms with Gasteiger partial charge in [0.25, 0.3) is 0 Å². The lowest BCUT2D eigenvalue weighted by atomic mass is 10.1. The molecule has 0 heterocycles. The van der Waals surface area contributed by atoms with E-state index in [1.807, 2.05) is 42.5 Å². The first kappa shape index (κ1) is 12.9. The maximum atomic E-state index is 6.14. The van der Waals surface area contributed by atoms with Crippen LogP contribution in [0.2, 0.25) is 5.02 Å². The second-order valence-electron chi connectivity index (χ2n) is 3.77. The summed E-state index contributed by atoms with van der Waals surface area (Å²) in [6.45, 7) is 0.417. The molecule has 92 valence electrons. The van der Waals surface area contributed by atoms with Crippen LogP contribution in [0.4, 0.5) is 0 Å². The number of hydrogen-bond acceptors (Lipinski definition) is 2. The minimum atomic E-state index is 0.340. The molecule has 2 nitrogen and oxygen atoms in total. The molecule has 4 heteroatoms. The molecule has 2 N–H and O–H groups in total. The van der Waals surface area contributed by atoms with Crippen LogP contribution in [0.15, 0.2) is 48.5 Å². The minimum Gasteiger partial charge on any atom is -0.489 e. The quantitative estimate of drug-likeness (QED) is 0.868. The van der Waals surface area contributed by atoms with Crippen molar-refractivity contribution in [1.82, 2.24) is 0 Å². The van der Waals surface area contributed by atoms with Crippen molar-refractivity contribution < 1.29 is 4.74 Å². The van der Waals surface area contributed by atoms with Crippen LogP contribution in [0, 0.1) is 0 Å². The van der Waals surface area contributed by atoms with Crippen molar-refractivity contribution in [3.8, 4) is 5.75 Å². The largest absolute Gasteiger partial charge is 0.489 e. The summed E-state index contributed by atoms with van der Waals surface area (Å²) in [6.07, 6.45) is 0. The Morgan fingerprint density at radius 1 is 1.17 bits per heavy atom. The highest BCUT2D eigenvalue weighted by atomic mass is 35.5. The summed E-state index contributed by atoms with van der Waals surface area (Å²) in [4.78, 5) is 0.340. The summed E-state index contributed by atoms with van der Waals surface area (Å²) in [6, 6.07) is 15.1. The zero-order chi connectivity index (χ0) is 13.0. The molecule has 0 aromatic heterocycles. The van der Waals surface area contributed by atoms with Gasteiger partial charge >= 0.3 is 0 Å². The summed E-state index contributed by atoms with van der Waals surface area (Å²) in [5, 5.41) is 0.608. The van der Waals surface area contributed by atoms with E-state index in [1.54, 1.807) is 6.07 Å². The topological polar surface area (TPSA) is 35.2 Å². The third-order valence-corrected chi connectivity index (χ3v) is 3.06. The summed E-state index contributed by atoms with van der Waals surface area (Å²) >= 11 is 11.0. The highest BCUT2D eigenvalue weighted by molar-refractivity contribution is 7.80. The summed E-state index contributed by atoms with van der Waals surface area (Å²) in [5.74, 6) is 0.812. The lowest BCUT2D eigenvalue weighted by molar-refractivity contribution is 0.306. The first-order valence-electron chi connectivity index (χ1n) is 5.43. The van der Waals surface area contributed by atoms with Crippen molar-refractivity contribution in [2.45, 2.75) is 6.61 Å². The Balaban J connectivity index is 2.08. The molecule has 18 heavy (non-hydrogen) atoms. The first-order valence-corrected chi connectivity index (χ1v) is 6.21. The van der Waals surface area contributed by atoms with Gasteiger partial charge in [-0.2, -0.15) is 0 Å². The van der Waals surface area contributed by atoms with Gasteiger partial charge in [0.15, 0.2) is 0 Å². The highest BCUT2D eigenvalue weighted by Gasteiger charge is 2.04. The SMILES string of the molecule is NC(=S)c1ccc(COc2ccccc2)c(Cl)c1. The Morgan fingerprint density at radius 2 is 1.89 bits per heavy atom. The van der Waals surface area contributed by atoms with E-state index in [-0.39, 0.29) is 0 Å².